The second-order valence-corrected chi connectivity index (χ2v) is 4.87. The second-order valence-electron chi connectivity index (χ2n) is 4.87. The van der Waals surface area contributed by atoms with Gasteiger partial charge in [-0.25, -0.2) is 5.43 Å². The highest BCUT2D eigenvalue weighted by Crippen LogP contribution is 2.18. The molecule has 25 heavy (non-hydrogen) atoms. The number of methoxy groups -OCH3 is 1. The van der Waals surface area contributed by atoms with Crippen LogP contribution in [0.3, 0.4) is 0 Å². The molecule has 2 amide bonds. The molecule has 0 atom stereocenters. The summed E-state index contributed by atoms with van der Waals surface area (Å²) < 4.78 is 5.19. The van der Waals surface area contributed by atoms with Gasteiger partial charge < -0.3 is 10.1 Å². The predicted molar refractivity (Wildman–Crippen MR) is 95.0 cm³/mol. The molecule has 0 aliphatic heterocycles. The maximum atomic E-state index is 11.8. The van der Waals surface area contributed by atoms with Gasteiger partial charge in [-0.2, -0.15) is 5.10 Å². The quantitative estimate of drug-likeness (QED) is 0.453. The summed E-state index contributed by atoms with van der Waals surface area (Å²) in [5.41, 5.74) is 3.85. The van der Waals surface area contributed by atoms with Crippen LogP contribution in [0.25, 0.3) is 6.08 Å². The lowest BCUT2D eigenvalue weighted by atomic mass is 10.2. The maximum Gasteiger partial charge on any atom is 0.259 e. The Kier molecular flexibility index (Phi) is 6.87. The van der Waals surface area contributed by atoms with Crippen LogP contribution < -0.4 is 15.5 Å². The minimum absolute atomic E-state index is 0.181. The van der Waals surface area contributed by atoms with Gasteiger partial charge in [-0.15, -0.1) is 0 Å². The standard InChI is InChI=1S/C18H18N4O3/c1-25-16-7-3-2-6-15(16)8-9-17(23)20-13-18(24)22-21-12-14-5-4-10-19-11-14/h2-12H,13H2,1H3,(H,20,23)(H,22,24)/b9-8+,21-12?. The van der Waals surface area contributed by atoms with Crippen LogP contribution in [-0.4, -0.2) is 36.7 Å². The summed E-state index contributed by atoms with van der Waals surface area (Å²) in [6.07, 6.45) is 7.68. The molecule has 0 aliphatic rings. The number of carbonyl (C=O) groups is 2. The molecule has 128 valence electrons. The number of carbonyl (C=O) groups excluding carboxylic acids is 2. The zero-order chi connectivity index (χ0) is 17.9. The fourth-order valence-electron chi connectivity index (χ4n) is 1.87. The van der Waals surface area contributed by atoms with Crippen molar-refractivity contribution < 1.29 is 14.3 Å². The summed E-state index contributed by atoms with van der Waals surface area (Å²) in [6.45, 7) is -0.181. The van der Waals surface area contributed by atoms with E-state index in [9.17, 15) is 9.59 Å². The molecule has 0 spiro atoms. The molecule has 2 N–H and O–H groups in total. The highest BCUT2D eigenvalue weighted by atomic mass is 16.5. The average molecular weight is 338 g/mol. The zero-order valence-corrected chi connectivity index (χ0v) is 13.7. The van der Waals surface area contributed by atoms with E-state index in [-0.39, 0.29) is 6.54 Å². The van der Waals surface area contributed by atoms with Crippen LogP contribution in [0.15, 0.2) is 60.0 Å². The van der Waals surface area contributed by atoms with E-state index in [0.29, 0.717) is 5.75 Å². The molecule has 0 fully saturated rings. The molecule has 7 nitrogen and oxygen atoms in total. The van der Waals surface area contributed by atoms with Crippen molar-refractivity contribution >= 4 is 24.1 Å². The predicted octanol–water partition coefficient (Wildman–Crippen LogP) is 1.37. The molecule has 0 bridgehead atoms. The molecule has 0 saturated heterocycles. The number of pyridine rings is 1. The Bertz CT molecular complexity index is 773. The first-order chi connectivity index (χ1) is 12.2. The van der Waals surface area contributed by atoms with Gasteiger partial charge >= 0.3 is 0 Å². The van der Waals surface area contributed by atoms with E-state index >= 15 is 0 Å². The number of hydrazone groups is 1. The fraction of sp³-hybridized carbons (Fsp3) is 0.111. The minimum Gasteiger partial charge on any atom is -0.496 e. The number of amides is 2. The summed E-state index contributed by atoms with van der Waals surface area (Å²) in [5.74, 6) is -0.162. The highest BCUT2D eigenvalue weighted by Gasteiger charge is 2.02. The lowest BCUT2D eigenvalue weighted by molar-refractivity contribution is -0.123. The van der Waals surface area contributed by atoms with Gasteiger partial charge in [-0.05, 0) is 18.2 Å². The van der Waals surface area contributed by atoms with Gasteiger partial charge in [-0.3, -0.25) is 14.6 Å². The summed E-state index contributed by atoms with van der Waals surface area (Å²) in [7, 11) is 1.56. The number of hydrogen-bond donors (Lipinski definition) is 2. The van der Waals surface area contributed by atoms with E-state index in [0.717, 1.165) is 11.1 Å². The number of benzene rings is 1. The van der Waals surface area contributed by atoms with Crippen molar-refractivity contribution in [2.75, 3.05) is 13.7 Å². The van der Waals surface area contributed by atoms with Crippen LogP contribution in [0, 0.1) is 0 Å². The van der Waals surface area contributed by atoms with Crippen LogP contribution in [0.5, 0.6) is 5.75 Å². The van der Waals surface area contributed by atoms with E-state index in [4.69, 9.17) is 4.74 Å². The molecule has 0 unspecified atom stereocenters. The molecular weight excluding hydrogens is 320 g/mol. The molecule has 2 aromatic rings. The Balaban J connectivity index is 1.76. The third-order valence-electron chi connectivity index (χ3n) is 3.06. The minimum atomic E-state index is -0.431. The third-order valence-corrected chi connectivity index (χ3v) is 3.06. The SMILES string of the molecule is COc1ccccc1/C=C/C(=O)NCC(=O)NN=Cc1cccnc1. The van der Waals surface area contributed by atoms with E-state index in [1.54, 1.807) is 43.8 Å². The Labute approximate surface area is 145 Å². The number of ether oxygens (including phenoxy) is 1. The Morgan fingerprint density at radius 2 is 2.08 bits per heavy atom. The van der Waals surface area contributed by atoms with Crippen LogP contribution in [0.4, 0.5) is 0 Å². The zero-order valence-electron chi connectivity index (χ0n) is 13.7. The van der Waals surface area contributed by atoms with Gasteiger partial charge in [0.15, 0.2) is 0 Å². The largest absolute Gasteiger partial charge is 0.496 e. The smallest absolute Gasteiger partial charge is 0.259 e. The van der Waals surface area contributed by atoms with Gasteiger partial charge in [0.25, 0.3) is 5.91 Å². The summed E-state index contributed by atoms with van der Waals surface area (Å²) in [5, 5.41) is 6.26. The molecular formula is C18H18N4O3. The van der Waals surface area contributed by atoms with Crippen molar-refractivity contribution in [3.8, 4) is 5.75 Å². The first kappa shape index (κ1) is 17.9. The Morgan fingerprint density at radius 3 is 2.84 bits per heavy atom. The number of para-hydroxylation sites is 1. The summed E-state index contributed by atoms with van der Waals surface area (Å²) in [4.78, 5) is 27.3. The van der Waals surface area contributed by atoms with Gasteiger partial charge in [-0.1, -0.05) is 24.3 Å². The van der Waals surface area contributed by atoms with Crippen LogP contribution >= 0.6 is 0 Å². The monoisotopic (exact) mass is 338 g/mol. The maximum absolute atomic E-state index is 11.8. The van der Waals surface area contributed by atoms with Gasteiger partial charge in [0, 0.05) is 29.6 Å². The molecule has 0 aliphatic carbocycles. The van der Waals surface area contributed by atoms with Gasteiger partial charge in [0.1, 0.15) is 5.75 Å². The Hall–Kier alpha value is -3.48. The van der Waals surface area contributed by atoms with E-state index in [2.05, 4.69) is 20.8 Å². The van der Waals surface area contributed by atoms with Crippen LogP contribution in [0.1, 0.15) is 11.1 Å². The van der Waals surface area contributed by atoms with E-state index < -0.39 is 11.8 Å². The number of nitrogens with zero attached hydrogens (tertiary/aromatic N) is 2. The number of rotatable bonds is 7. The van der Waals surface area contributed by atoms with Gasteiger partial charge in [0.2, 0.25) is 5.91 Å². The molecule has 0 radical (unpaired) electrons. The number of aromatic nitrogens is 1. The summed E-state index contributed by atoms with van der Waals surface area (Å²) >= 11 is 0. The first-order valence-electron chi connectivity index (χ1n) is 7.50. The molecule has 7 heteroatoms. The molecule has 1 aromatic heterocycles. The fourth-order valence-corrected chi connectivity index (χ4v) is 1.87. The van der Waals surface area contributed by atoms with Gasteiger partial charge in [0.05, 0.1) is 19.9 Å². The number of nitrogens with one attached hydrogen (secondary N) is 2. The van der Waals surface area contributed by atoms with E-state index in [1.165, 1.54) is 12.3 Å². The van der Waals surface area contributed by atoms with Crippen LogP contribution in [0.2, 0.25) is 0 Å². The van der Waals surface area contributed by atoms with Crippen molar-refractivity contribution in [1.29, 1.82) is 0 Å². The molecule has 1 heterocycles. The average Bonchev–Trinajstić information content (AvgIpc) is 2.65. The van der Waals surface area contributed by atoms with Crippen LogP contribution in [-0.2, 0) is 9.59 Å². The first-order valence-corrected chi connectivity index (χ1v) is 7.50. The Morgan fingerprint density at radius 1 is 1.24 bits per heavy atom. The van der Waals surface area contributed by atoms with Crippen molar-refractivity contribution in [1.82, 2.24) is 15.7 Å². The summed E-state index contributed by atoms with van der Waals surface area (Å²) in [6, 6.07) is 10.9. The lowest BCUT2D eigenvalue weighted by Crippen LogP contribution is -2.34. The molecule has 2 rings (SSSR count). The normalized spacial score (nSPS) is 10.8. The van der Waals surface area contributed by atoms with E-state index in [1.807, 2.05) is 18.2 Å². The topological polar surface area (TPSA) is 92.7 Å². The van der Waals surface area contributed by atoms with Crippen molar-refractivity contribution in [2.45, 2.75) is 0 Å². The van der Waals surface area contributed by atoms with Crippen molar-refractivity contribution in [3.05, 3.63) is 66.0 Å². The highest BCUT2D eigenvalue weighted by molar-refractivity contribution is 5.94. The third kappa shape index (κ3) is 6.26. The second kappa shape index (κ2) is 9.61. The molecule has 1 aromatic carbocycles. The van der Waals surface area contributed by atoms with Crippen molar-refractivity contribution in [2.24, 2.45) is 5.10 Å². The number of hydrogen-bond acceptors (Lipinski definition) is 5. The molecule has 0 saturated carbocycles. The van der Waals surface area contributed by atoms with Crippen molar-refractivity contribution in [3.63, 3.8) is 0 Å². The lowest BCUT2D eigenvalue weighted by Gasteiger charge is -2.03.